The molecule has 0 atom stereocenters. The molecule has 4 aromatic heterocycles. The van der Waals surface area contributed by atoms with Gasteiger partial charge in [0.15, 0.2) is 11.6 Å². The number of hydrogen-bond donors (Lipinski definition) is 4. The van der Waals surface area contributed by atoms with Crippen LogP contribution in [0.4, 0.5) is 46.0 Å². The number of ether oxygens (including phenoxy) is 2. The number of nitrogen functional groups attached to an aromatic ring is 1. The van der Waals surface area contributed by atoms with Gasteiger partial charge >= 0.3 is 0 Å². The lowest BCUT2D eigenvalue weighted by Gasteiger charge is -2.24. The number of aromatic nitrogens is 10. The van der Waals surface area contributed by atoms with Crippen molar-refractivity contribution in [2.24, 2.45) is 0 Å². The number of nitro groups is 1. The van der Waals surface area contributed by atoms with E-state index in [9.17, 15) is 10.1 Å². The van der Waals surface area contributed by atoms with Crippen LogP contribution in [0.3, 0.4) is 0 Å². The van der Waals surface area contributed by atoms with E-state index in [1.54, 1.807) is 47.1 Å². The molecule has 0 aliphatic rings. The Morgan fingerprint density at radius 3 is 1.54 bits per heavy atom. The van der Waals surface area contributed by atoms with Crippen molar-refractivity contribution < 1.29 is 19.5 Å². The van der Waals surface area contributed by atoms with Gasteiger partial charge in [0, 0.05) is 90.1 Å². The summed E-state index contributed by atoms with van der Waals surface area (Å²) < 4.78 is 14.4. The number of nitro benzene ring substituents is 1. The normalized spacial score (nSPS) is 10.7. The third-order valence-corrected chi connectivity index (χ3v) is 10.3. The van der Waals surface area contributed by atoms with Crippen LogP contribution in [0, 0.1) is 10.1 Å². The van der Waals surface area contributed by atoms with Crippen molar-refractivity contribution in [3.8, 4) is 23.1 Å². The number of nitrogens with one attached hydrogen (secondary N) is 2. The molecular formula is C46H60N18O5. The second-order valence-corrected chi connectivity index (χ2v) is 15.6. The molecule has 23 heteroatoms. The maximum Gasteiger partial charge on any atom is 0.294 e. The smallest absolute Gasteiger partial charge is 0.294 e. The second-order valence-electron chi connectivity index (χ2n) is 15.6. The molecule has 0 bridgehead atoms. The third-order valence-electron chi connectivity index (χ3n) is 10.3. The number of methoxy groups -OCH3 is 2. The van der Waals surface area contributed by atoms with Crippen molar-refractivity contribution in [2.45, 2.75) is 7.43 Å². The lowest BCUT2D eigenvalue weighted by atomic mass is 10.2. The summed E-state index contributed by atoms with van der Waals surface area (Å²) >= 11 is 0. The molecule has 0 aliphatic carbocycles. The van der Waals surface area contributed by atoms with Crippen molar-refractivity contribution in [1.82, 2.24) is 59.7 Å². The lowest BCUT2D eigenvalue weighted by molar-refractivity contribution is -0.384. The average molecular weight is 945 g/mol. The summed E-state index contributed by atoms with van der Waals surface area (Å²) in [5, 5.41) is 41.8. The van der Waals surface area contributed by atoms with Gasteiger partial charge in [-0.1, -0.05) is 42.1 Å². The van der Waals surface area contributed by atoms with E-state index in [4.69, 9.17) is 20.3 Å². The Morgan fingerprint density at radius 2 is 1.09 bits per heavy atom. The predicted octanol–water partition coefficient (Wildman–Crippen LogP) is 5.66. The summed E-state index contributed by atoms with van der Waals surface area (Å²) in [5.41, 5.74) is 12.5. The van der Waals surface area contributed by atoms with Crippen LogP contribution in [-0.2, 0) is 0 Å². The van der Waals surface area contributed by atoms with Crippen LogP contribution in [0.15, 0.2) is 97.3 Å². The van der Waals surface area contributed by atoms with Crippen molar-refractivity contribution in [1.29, 1.82) is 0 Å². The highest BCUT2D eigenvalue weighted by molar-refractivity contribution is 5.80. The van der Waals surface area contributed by atoms with Crippen LogP contribution in [0.5, 0.6) is 11.5 Å². The quantitative estimate of drug-likeness (QED) is 0.0488. The topological polar surface area (TPSA) is 258 Å². The van der Waals surface area contributed by atoms with Gasteiger partial charge in [0.1, 0.15) is 28.2 Å². The number of aliphatic hydroxyl groups excluding tert-OH is 1. The largest absolute Gasteiger partial charge is 0.494 e. The van der Waals surface area contributed by atoms with Gasteiger partial charge < -0.3 is 50.5 Å². The molecule has 0 spiro atoms. The molecule has 0 radical (unpaired) electrons. The van der Waals surface area contributed by atoms with Crippen molar-refractivity contribution in [3.05, 3.63) is 107 Å². The first-order valence-electron chi connectivity index (χ1n) is 21.2. The molecule has 0 unspecified atom stereocenters. The highest BCUT2D eigenvalue weighted by atomic mass is 16.6. The summed E-state index contributed by atoms with van der Waals surface area (Å²) in [6.07, 6.45) is 3.24. The summed E-state index contributed by atoms with van der Waals surface area (Å²) in [6, 6.07) is 25.6. The number of hydrogen-bond acceptors (Lipinski definition) is 20. The van der Waals surface area contributed by atoms with Gasteiger partial charge in [-0.15, -0.1) is 10.2 Å². The minimum Gasteiger partial charge on any atom is -0.494 e. The number of nitrogens with two attached hydrogens (primary N) is 1. The number of likely N-dealkylation sites (N-methyl/N-ethyl adjacent to an activating group) is 4. The minimum absolute atomic E-state index is 0. The summed E-state index contributed by atoms with van der Waals surface area (Å²) in [4.78, 5) is 37.2. The molecule has 0 amide bonds. The molecule has 4 heterocycles. The van der Waals surface area contributed by atoms with Gasteiger partial charge in [0.25, 0.3) is 5.69 Å². The molecule has 5 N–H and O–H groups in total. The first kappa shape index (κ1) is 51.7. The van der Waals surface area contributed by atoms with Gasteiger partial charge in [-0.05, 0) is 58.5 Å². The molecule has 8 rings (SSSR count). The molecular weight excluding hydrogens is 885 g/mol. The molecule has 0 saturated carbocycles. The molecule has 0 aliphatic heterocycles. The zero-order valence-corrected chi connectivity index (χ0v) is 39.4. The van der Waals surface area contributed by atoms with Crippen LogP contribution in [-0.4, -0.2) is 160 Å². The van der Waals surface area contributed by atoms with Crippen molar-refractivity contribution in [2.75, 3.05) is 116 Å². The zero-order chi connectivity index (χ0) is 48.9. The Hall–Kier alpha value is -8.28. The molecule has 4 aromatic carbocycles. The Labute approximate surface area is 400 Å². The predicted molar refractivity (Wildman–Crippen MR) is 271 cm³/mol. The van der Waals surface area contributed by atoms with Crippen molar-refractivity contribution >= 4 is 68.1 Å². The van der Waals surface area contributed by atoms with E-state index >= 15 is 0 Å². The van der Waals surface area contributed by atoms with E-state index in [2.05, 4.69) is 61.0 Å². The van der Waals surface area contributed by atoms with Crippen LogP contribution in [0.25, 0.3) is 33.7 Å². The summed E-state index contributed by atoms with van der Waals surface area (Å²) in [7, 11) is 15.9. The number of nitrogens with zero attached hydrogens (tertiary/aromatic N) is 15. The summed E-state index contributed by atoms with van der Waals surface area (Å²) in [5.74, 6) is 2.80. The van der Waals surface area contributed by atoms with Gasteiger partial charge in [-0.2, -0.15) is 19.3 Å². The summed E-state index contributed by atoms with van der Waals surface area (Å²) in [6.45, 7) is 3.11. The monoisotopic (exact) mass is 944 g/mol. The third kappa shape index (κ3) is 12.6. The second kappa shape index (κ2) is 24.0. The first-order valence-corrected chi connectivity index (χ1v) is 21.2. The van der Waals surface area contributed by atoms with E-state index in [-0.39, 0.29) is 19.1 Å². The standard InChI is InChI=1S/C22H25N9O3.C22H27N9O.CH4O.CH4/c1-28(2)11-12-29(3)18-14-20(34-4)16(13-19(18)31(32)33)24-22-23-10-9-21(25-22)30-17-8-6-5-7-15(17)26-27-30;1-29(2)11-12-30(3)19-14-20(32-4)17(13-15(19)23)25-22-24-10-9-21(26-22)31-18-8-6-5-7-16(18)27-28-31;1-2;/h5-10,13-14H,11-12H2,1-4H3,(H,23,24,25);5-10,13-14H,11-12,23H2,1-4H3,(H,24,25,26);2H,1H3;1H4. The highest BCUT2D eigenvalue weighted by Crippen LogP contribution is 2.39. The van der Waals surface area contributed by atoms with Crippen molar-refractivity contribution in [3.63, 3.8) is 0 Å². The molecule has 0 saturated heterocycles. The van der Waals surface area contributed by atoms with E-state index in [1.807, 2.05) is 113 Å². The fraction of sp³-hybridized carbons (Fsp3) is 0.304. The van der Waals surface area contributed by atoms with Crippen LogP contribution in [0.2, 0.25) is 0 Å². The zero-order valence-electron chi connectivity index (χ0n) is 39.4. The van der Waals surface area contributed by atoms with Gasteiger partial charge in [-0.3, -0.25) is 10.1 Å². The Morgan fingerprint density at radius 1 is 0.652 bits per heavy atom. The number of para-hydroxylation sites is 2. The lowest BCUT2D eigenvalue weighted by Crippen LogP contribution is -2.29. The maximum atomic E-state index is 11.9. The minimum atomic E-state index is -0.412. The van der Waals surface area contributed by atoms with E-state index in [0.29, 0.717) is 58.4 Å². The molecule has 69 heavy (non-hydrogen) atoms. The van der Waals surface area contributed by atoms with E-state index in [1.165, 1.54) is 13.2 Å². The number of aliphatic hydroxyl groups is 1. The molecule has 8 aromatic rings. The molecule has 0 fully saturated rings. The SMILES string of the molecule is C.CO.COc1cc(N(C)CCN(C)C)c(N)cc1Nc1nccc(-n2nnc3ccccc32)n1.COc1cc(N(C)CCN(C)C)c([N+](=O)[O-])cc1Nc1nccc(-n2nnc3ccccc32)n1. The number of anilines is 7. The number of benzene rings is 4. The van der Waals surface area contributed by atoms with Gasteiger partial charge in [-0.25, -0.2) is 9.97 Å². The number of rotatable bonds is 17. The Bertz CT molecular complexity index is 2940. The van der Waals surface area contributed by atoms with Crippen LogP contribution in [0.1, 0.15) is 7.43 Å². The van der Waals surface area contributed by atoms with Gasteiger partial charge in [0.05, 0.1) is 52.9 Å². The van der Waals surface area contributed by atoms with E-state index in [0.717, 1.165) is 54.5 Å². The Balaban J connectivity index is 0.000000246. The average Bonchev–Trinajstić information content (AvgIpc) is 3.99. The molecule has 364 valence electrons. The Kier molecular flexibility index (Phi) is 17.9. The highest BCUT2D eigenvalue weighted by Gasteiger charge is 2.23. The first-order chi connectivity index (χ1) is 32.8. The van der Waals surface area contributed by atoms with Gasteiger partial charge in [0.2, 0.25) is 11.9 Å². The fourth-order valence-electron chi connectivity index (χ4n) is 6.77. The van der Waals surface area contributed by atoms with Crippen LogP contribution < -0.4 is 35.6 Å². The number of fused-ring (bicyclic) bond motifs is 2. The van der Waals surface area contributed by atoms with Crippen LogP contribution >= 0.6 is 0 Å². The molecule has 23 nitrogen and oxygen atoms in total. The van der Waals surface area contributed by atoms with E-state index < -0.39 is 4.92 Å². The maximum absolute atomic E-state index is 11.9. The fourth-order valence-corrected chi connectivity index (χ4v) is 6.77.